The van der Waals surface area contributed by atoms with Crippen LogP contribution in [0.3, 0.4) is 0 Å². The van der Waals surface area contributed by atoms with Crippen molar-refractivity contribution < 1.29 is 9.90 Å². The van der Waals surface area contributed by atoms with Gasteiger partial charge in [-0.2, -0.15) is 0 Å². The van der Waals surface area contributed by atoms with E-state index >= 15 is 0 Å². The van der Waals surface area contributed by atoms with Gasteiger partial charge in [-0.05, 0) is 25.0 Å². The number of aromatic amines is 1. The molecule has 1 aromatic rings. The molecule has 2 N–H and O–H groups in total. The van der Waals surface area contributed by atoms with Crippen molar-refractivity contribution in [3.8, 4) is 0 Å². The average Bonchev–Trinajstić information content (AvgIpc) is 2.45. The lowest BCUT2D eigenvalue weighted by atomic mass is 9.93. The van der Waals surface area contributed by atoms with Crippen LogP contribution >= 0.6 is 0 Å². The Morgan fingerprint density at radius 3 is 2.74 bits per heavy atom. The zero-order valence-corrected chi connectivity index (χ0v) is 11.0. The van der Waals surface area contributed by atoms with Gasteiger partial charge in [0.2, 0.25) is 0 Å². The number of aliphatic hydroxyl groups is 1. The van der Waals surface area contributed by atoms with Gasteiger partial charge >= 0.3 is 0 Å². The van der Waals surface area contributed by atoms with Crippen LogP contribution in [-0.2, 0) is 0 Å². The third kappa shape index (κ3) is 3.23. The SMILES string of the molecule is O=C(c1ccc[nH]c1=O)N(CCO)C1CCCCC1. The number of nitrogens with one attached hydrogen (secondary N) is 1. The van der Waals surface area contributed by atoms with Gasteiger partial charge in [-0.25, -0.2) is 0 Å². The summed E-state index contributed by atoms with van der Waals surface area (Å²) in [5.74, 6) is -0.275. The van der Waals surface area contributed by atoms with Crippen molar-refractivity contribution in [3.05, 3.63) is 34.2 Å². The second kappa shape index (κ2) is 6.52. The number of nitrogens with zero attached hydrogens (tertiary/aromatic N) is 1. The molecule has 0 atom stereocenters. The Hall–Kier alpha value is -1.62. The van der Waals surface area contributed by atoms with Gasteiger partial charge in [-0.3, -0.25) is 9.59 Å². The second-order valence-corrected chi connectivity index (χ2v) is 4.93. The van der Waals surface area contributed by atoms with Gasteiger partial charge in [-0.15, -0.1) is 0 Å². The van der Waals surface area contributed by atoms with E-state index in [0.717, 1.165) is 25.7 Å². The molecule has 0 saturated heterocycles. The number of hydrogen-bond donors (Lipinski definition) is 2. The van der Waals surface area contributed by atoms with E-state index in [1.165, 1.54) is 18.7 Å². The van der Waals surface area contributed by atoms with E-state index in [1.54, 1.807) is 11.0 Å². The monoisotopic (exact) mass is 264 g/mol. The summed E-state index contributed by atoms with van der Waals surface area (Å²) in [6.07, 6.45) is 6.82. The molecule has 0 radical (unpaired) electrons. The molecule has 1 aromatic heterocycles. The van der Waals surface area contributed by atoms with Crippen molar-refractivity contribution in [2.75, 3.05) is 13.2 Å². The predicted molar refractivity (Wildman–Crippen MR) is 72.1 cm³/mol. The van der Waals surface area contributed by atoms with Crippen LogP contribution in [0.5, 0.6) is 0 Å². The Morgan fingerprint density at radius 2 is 2.11 bits per heavy atom. The Labute approximate surface area is 112 Å². The van der Waals surface area contributed by atoms with Gasteiger partial charge in [0, 0.05) is 18.8 Å². The maximum absolute atomic E-state index is 12.4. The molecule has 1 fully saturated rings. The molecule has 0 aromatic carbocycles. The average molecular weight is 264 g/mol. The first-order valence-corrected chi connectivity index (χ1v) is 6.83. The van der Waals surface area contributed by atoms with Gasteiger partial charge in [0.25, 0.3) is 11.5 Å². The van der Waals surface area contributed by atoms with Crippen molar-refractivity contribution in [2.45, 2.75) is 38.1 Å². The van der Waals surface area contributed by atoms with Gasteiger partial charge in [0.15, 0.2) is 0 Å². The molecule has 5 nitrogen and oxygen atoms in total. The Morgan fingerprint density at radius 1 is 1.37 bits per heavy atom. The van der Waals surface area contributed by atoms with Crippen molar-refractivity contribution in [3.63, 3.8) is 0 Å². The molecule has 1 saturated carbocycles. The zero-order valence-electron chi connectivity index (χ0n) is 11.0. The number of rotatable bonds is 4. The topological polar surface area (TPSA) is 73.4 Å². The van der Waals surface area contributed by atoms with Crippen molar-refractivity contribution in [1.82, 2.24) is 9.88 Å². The third-order valence-corrected chi connectivity index (χ3v) is 3.67. The summed E-state index contributed by atoms with van der Waals surface area (Å²) in [5, 5.41) is 9.15. The van der Waals surface area contributed by atoms with Crippen molar-refractivity contribution >= 4 is 5.91 Å². The lowest BCUT2D eigenvalue weighted by molar-refractivity contribution is 0.0583. The number of hydrogen-bond acceptors (Lipinski definition) is 3. The lowest BCUT2D eigenvalue weighted by Gasteiger charge is -2.33. The zero-order chi connectivity index (χ0) is 13.7. The van der Waals surface area contributed by atoms with E-state index in [4.69, 9.17) is 5.11 Å². The van der Waals surface area contributed by atoms with Crippen LogP contribution in [0.2, 0.25) is 0 Å². The summed E-state index contributed by atoms with van der Waals surface area (Å²) in [4.78, 5) is 28.3. The van der Waals surface area contributed by atoms with E-state index in [0.29, 0.717) is 0 Å². The summed E-state index contributed by atoms with van der Waals surface area (Å²) in [5.41, 5.74) is -0.215. The highest BCUT2D eigenvalue weighted by Crippen LogP contribution is 2.23. The molecule has 1 heterocycles. The number of aromatic nitrogens is 1. The summed E-state index contributed by atoms with van der Waals surface area (Å²) in [6, 6.07) is 3.33. The molecule has 0 spiro atoms. The van der Waals surface area contributed by atoms with Crippen LogP contribution in [0, 0.1) is 0 Å². The summed E-state index contributed by atoms with van der Waals surface area (Å²) in [6.45, 7) is 0.213. The first-order chi connectivity index (χ1) is 9.24. The van der Waals surface area contributed by atoms with Gasteiger partial charge in [0.1, 0.15) is 5.56 Å². The summed E-state index contributed by atoms with van der Waals surface area (Å²) in [7, 11) is 0. The van der Waals surface area contributed by atoms with Crippen LogP contribution in [-0.4, -0.2) is 40.1 Å². The molecular formula is C14H20N2O3. The fourth-order valence-electron chi connectivity index (χ4n) is 2.70. The van der Waals surface area contributed by atoms with E-state index in [9.17, 15) is 9.59 Å². The lowest BCUT2D eigenvalue weighted by Crippen LogP contribution is -2.44. The minimum Gasteiger partial charge on any atom is -0.395 e. The Kier molecular flexibility index (Phi) is 4.74. The van der Waals surface area contributed by atoms with Gasteiger partial charge in [0.05, 0.1) is 6.61 Å². The molecule has 0 unspecified atom stereocenters. The molecule has 0 bridgehead atoms. The smallest absolute Gasteiger partial charge is 0.260 e. The highest BCUT2D eigenvalue weighted by molar-refractivity contribution is 5.94. The number of amides is 1. The van der Waals surface area contributed by atoms with E-state index in [1.807, 2.05) is 0 Å². The third-order valence-electron chi connectivity index (χ3n) is 3.67. The molecule has 0 aliphatic heterocycles. The van der Waals surface area contributed by atoms with Crippen LogP contribution in [0.4, 0.5) is 0 Å². The summed E-state index contributed by atoms with van der Waals surface area (Å²) < 4.78 is 0. The first kappa shape index (κ1) is 13.8. The number of carbonyl (C=O) groups excluding carboxylic acids is 1. The molecule has 1 aliphatic rings. The largest absolute Gasteiger partial charge is 0.395 e. The minimum atomic E-state index is -0.369. The molecule has 1 amide bonds. The molecule has 19 heavy (non-hydrogen) atoms. The molecule has 5 heteroatoms. The van der Waals surface area contributed by atoms with Gasteiger partial charge < -0.3 is 15.0 Å². The summed E-state index contributed by atoms with van der Waals surface area (Å²) >= 11 is 0. The van der Waals surface area contributed by atoms with Gasteiger partial charge in [-0.1, -0.05) is 19.3 Å². The number of pyridine rings is 1. The fraction of sp³-hybridized carbons (Fsp3) is 0.571. The van der Waals surface area contributed by atoms with E-state index in [2.05, 4.69) is 4.98 Å². The normalized spacial score (nSPS) is 16.3. The molecule has 2 rings (SSSR count). The predicted octanol–water partition coefficient (Wildman–Crippen LogP) is 1.14. The highest BCUT2D eigenvalue weighted by atomic mass is 16.3. The van der Waals surface area contributed by atoms with Crippen LogP contribution < -0.4 is 5.56 Å². The fourth-order valence-corrected chi connectivity index (χ4v) is 2.70. The maximum atomic E-state index is 12.4. The standard InChI is InChI=1S/C14H20N2O3/c17-10-9-16(11-5-2-1-3-6-11)14(19)12-7-4-8-15-13(12)18/h4,7-8,11,17H,1-3,5-6,9-10H2,(H,15,18). The van der Waals surface area contributed by atoms with Crippen LogP contribution in [0.15, 0.2) is 23.1 Å². The molecule has 1 aliphatic carbocycles. The number of H-pyrrole nitrogens is 1. The molecule has 104 valence electrons. The number of aliphatic hydroxyl groups excluding tert-OH is 1. The van der Waals surface area contributed by atoms with Crippen molar-refractivity contribution in [1.29, 1.82) is 0 Å². The Bertz CT molecular complexity index is 478. The quantitative estimate of drug-likeness (QED) is 0.856. The van der Waals surface area contributed by atoms with E-state index in [-0.39, 0.29) is 36.2 Å². The first-order valence-electron chi connectivity index (χ1n) is 6.83. The van der Waals surface area contributed by atoms with Crippen LogP contribution in [0.25, 0.3) is 0 Å². The highest BCUT2D eigenvalue weighted by Gasteiger charge is 2.26. The molecular weight excluding hydrogens is 244 g/mol. The van der Waals surface area contributed by atoms with Crippen LogP contribution in [0.1, 0.15) is 42.5 Å². The van der Waals surface area contributed by atoms with E-state index < -0.39 is 0 Å². The minimum absolute atomic E-state index is 0.0764. The Balaban J connectivity index is 2.20. The second-order valence-electron chi connectivity index (χ2n) is 4.93. The maximum Gasteiger partial charge on any atom is 0.260 e. The van der Waals surface area contributed by atoms with Crippen molar-refractivity contribution in [2.24, 2.45) is 0 Å². The number of carbonyl (C=O) groups is 1.